The van der Waals surface area contributed by atoms with E-state index in [9.17, 15) is 4.79 Å². The van der Waals surface area contributed by atoms with Gasteiger partial charge in [-0.2, -0.15) is 0 Å². The number of hydrogen-bond donors (Lipinski definition) is 0. The molecule has 0 aromatic carbocycles. The number of hydrogen-bond acceptors (Lipinski definition) is 5. The zero-order valence-corrected chi connectivity index (χ0v) is 14.2. The molecule has 0 spiro atoms. The monoisotopic (exact) mass is 321 g/mol. The van der Waals surface area contributed by atoms with Crippen LogP contribution in [-0.4, -0.2) is 59.1 Å². The molecule has 3 rings (SSSR count). The summed E-state index contributed by atoms with van der Waals surface area (Å²) in [6.07, 6.45) is 6.69. The molecule has 2 atom stereocenters. The summed E-state index contributed by atoms with van der Waals surface area (Å²) in [7, 11) is 0. The highest BCUT2D eigenvalue weighted by atomic mass is 16.5. The smallest absolute Gasteiger partial charge is 0.220 e. The van der Waals surface area contributed by atoms with E-state index in [1.165, 1.54) is 12.8 Å². The molecule has 6 heteroatoms. The molecule has 2 fully saturated rings. The van der Waals surface area contributed by atoms with Crippen molar-refractivity contribution in [1.82, 2.24) is 14.8 Å². The molecule has 0 saturated carbocycles. The second-order valence-electron chi connectivity index (χ2n) is 6.70. The third-order valence-corrected chi connectivity index (χ3v) is 4.80. The van der Waals surface area contributed by atoms with Crippen molar-refractivity contribution in [3.8, 4) is 0 Å². The number of carbonyl (C=O) groups is 1. The third-order valence-electron chi connectivity index (χ3n) is 4.80. The number of aromatic nitrogens is 1. The summed E-state index contributed by atoms with van der Waals surface area (Å²) < 4.78 is 11.4. The predicted octanol–water partition coefficient (Wildman–Crippen LogP) is 1.97. The number of ether oxygens (including phenoxy) is 1. The molecule has 2 aliphatic heterocycles. The van der Waals surface area contributed by atoms with Crippen molar-refractivity contribution in [3.05, 3.63) is 17.8 Å². The Morgan fingerprint density at radius 3 is 2.96 bits per heavy atom. The Morgan fingerprint density at radius 1 is 1.43 bits per heavy atom. The lowest BCUT2D eigenvalue weighted by Crippen LogP contribution is -2.41. The molecule has 1 amide bonds. The van der Waals surface area contributed by atoms with Gasteiger partial charge in [0.15, 0.2) is 0 Å². The summed E-state index contributed by atoms with van der Waals surface area (Å²) >= 11 is 0. The van der Waals surface area contributed by atoms with E-state index in [4.69, 9.17) is 9.15 Å². The van der Waals surface area contributed by atoms with E-state index in [1.54, 1.807) is 13.1 Å². The summed E-state index contributed by atoms with van der Waals surface area (Å²) in [6.45, 7) is 7.78. The van der Waals surface area contributed by atoms with Gasteiger partial charge in [-0.15, -0.1) is 0 Å². The van der Waals surface area contributed by atoms with E-state index >= 15 is 0 Å². The van der Waals surface area contributed by atoms with Crippen molar-refractivity contribution >= 4 is 5.91 Å². The molecule has 23 heavy (non-hydrogen) atoms. The van der Waals surface area contributed by atoms with E-state index in [2.05, 4.69) is 9.88 Å². The molecule has 3 heterocycles. The minimum atomic E-state index is 0.0848. The maximum absolute atomic E-state index is 12.1. The molecule has 0 bridgehead atoms. The first-order chi connectivity index (χ1) is 11.1. The minimum Gasteiger partial charge on any atom is -0.444 e. The van der Waals surface area contributed by atoms with Crippen molar-refractivity contribution in [2.45, 2.75) is 58.2 Å². The Kier molecular flexibility index (Phi) is 5.33. The number of aryl methyl sites for hydroxylation is 1. The van der Waals surface area contributed by atoms with Gasteiger partial charge in [0.25, 0.3) is 0 Å². The lowest BCUT2D eigenvalue weighted by Gasteiger charge is -2.29. The van der Waals surface area contributed by atoms with Gasteiger partial charge < -0.3 is 14.1 Å². The van der Waals surface area contributed by atoms with Crippen LogP contribution in [0.4, 0.5) is 0 Å². The average Bonchev–Trinajstić information content (AvgIpc) is 3.15. The molecule has 2 aliphatic rings. The van der Waals surface area contributed by atoms with E-state index < -0.39 is 0 Å². The quantitative estimate of drug-likeness (QED) is 0.830. The van der Waals surface area contributed by atoms with Crippen LogP contribution in [0.5, 0.6) is 0 Å². The molecule has 0 radical (unpaired) electrons. The van der Waals surface area contributed by atoms with Gasteiger partial charge in [-0.3, -0.25) is 9.69 Å². The van der Waals surface area contributed by atoms with Crippen molar-refractivity contribution in [2.75, 3.05) is 26.2 Å². The fourth-order valence-corrected chi connectivity index (χ4v) is 3.59. The Bertz CT molecular complexity index is 525. The second-order valence-corrected chi connectivity index (χ2v) is 6.70. The minimum absolute atomic E-state index is 0.0848. The van der Waals surface area contributed by atoms with Gasteiger partial charge in [-0.05, 0) is 32.6 Å². The molecule has 0 aliphatic carbocycles. The first-order valence-corrected chi connectivity index (χ1v) is 8.64. The topological polar surface area (TPSA) is 58.8 Å². The molecule has 1 aromatic heterocycles. The molecular formula is C17H27N3O3. The highest BCUT2D eigenvalue weighted by Gasteiger charge is 2.31. The lowest BCUT2D eigenvalue weighted by atomic mass is 10.1. The SMILES string of the molecule is CC(=O)N(Cc1ncc(C)o1)[C@@H]1CCN(C[C@@H]2CCCCO2)C1. The summed E-state index contributed by atoms with van der Waals surface area (Å²) in [4.78, 5) is 20.6. The van der Waals surface area contributed by atoms with Gasteiger partial charge >= 0.3 is 0 Å². The van der Waals surface area contributed by atoms with E-state index in [-0.39, 0.29) is 11.9 Å². The predicted molar refractivity (Wildman–Crippen MR) is 85.9 cm³/mol. The zero-order valence-electron chi connectivity index (χ0n) is 14.2. The van der Waals surface area contributed by atoms with Crippen molar-refractivity contribution in [3.63, 3.8) is 0 Å². The average molecular weight is 321 g/mol. The standard InChI is InChI=1S/C17H27N3O3/c1-13-9-18-17(23-13)12-20(14(2)21)15-6-7-19(10-15)11-16-5-3-4-8-22-16/h9,15-16H,3-8,10-12H2,1-2H3/t15-,16+/m1/s1. The van der Waals surface area contributed by atoms with Crippen LogP contribution in [0.25, 0.3) is 0 Å². The Morgan fingerprint density at radius 2 is 2.30 bits per heavy atom. The van der Waals surface area contributed by atoms with Crippen LogP contribution in [0, 0.1) is 6.92 Å². The zero-order chi connectivity index (χ0) is 16.2. The Balaban J connectivity index is 1.55. The number of nitrogens with zero attached hydrogens (tertiary/aromatic N) is 3. The van der Waals surface area contributed by atoms with Gasteiger partial charge in [0, 0.05) is 39.2 Å². The second kappa shape index (κ2) is 7.45. The maximum atomic E-state index is 12.1. The van der Waals surface area contributed by atoms with E-state index in [0.29, 0.717) is 18.5 Å². The first-order valence-electron chi connectivity index (χ1n) is 8.64. The van der Waals surface area contributed by atoms with E-state index in [0.717, 1.165) is 44.8 Å². The largest absolute Gasteiger partial charge is 0.444 e. The van der Waals surface area contributed by atoms with Crippen LogP contribution in [0.3, 0.4) is 0 Å². The van der Waals surface area contributed by atoms with Gasteiger partial charge in [-0.25, -0.2) is 4.98 Å². The Labute approximate surface area is 137 Å². The fourth-order valence-electron chi connectivity index (χ4n) is 3.59. The van der Waals surface area contributed by atoms with Crippen LogP contribution in [-0.2, 0) is 16.1 Å². The van der Waals surface area contributed by atoms with Crippen molar-refractivity contribution in [2.24, 2.45) is 0 Å². The van der Waals surface area contributed by atoms with Crippen molar-refractivity contribution < 1.29 is 13.9 Å². The van der Waals surface area contributed by atoms with Crippen molar-refractivity contribution in [1.29, 1.82) is 0 Å². The molecule has 128 valence electrons. The third kappa shape index (κ3) is 4.32. The lowest BCUT2D eigenvalue weighted by molar-refractivity contribution is -0.132. The van der Waals surface area contributed by atoms with Crippen LogP contribution < -0.4 is 0 Å². The summed E-state index contributed by atoms with van der Waals surface area (Å²) in [5, 5.41) is 0. The molecule has 1 aromatic rings. The number of likely N-dealkylation sites (tertiary alicyclic amines) is 1. The number of oxazole rings is 1. The summed E-state index contributed by atoms with van der Waals surface area (Å²) in [5.74, 6) is 1.49. The number of amides is 1. The summed E-state index contributed by atoms with van der Waals surface area (Å²) in [5.41, 5.74) is 0. The highest BCUT2D eigenvalue weighted by Crippen LogP contribution is 2.21. The fraction of sp³-hybridized carbons (Fsp3) is 0.765. The first kappa shape index (κ1) is 16.5. The molecule has 0 N–H and O–H groups in total. The maximum Gasteiger partial charge on any atom is 0.220 e. The normalized spacial score (nSPS) is 25.7. The van der Waals surface area contributed by atoms with Crippen LogP contribution in [0.15, 0.2) is 10.6 Å². The Hall–Kier alpha value is -1.40. The number of rotatable bonds is 5. The van der Waals surface area contributed by atoms with Crippen LogP contribution in [0.2, 0.25) is 0 Å². The van der Waals surface area contributed by atoms with Gasteiger partial charge in [0.1, 0.15) is 5.76 Å². The van der Waals surface area contributed by atoms with Gasteiger partial charge in [-0.1, -0.05) is 0 Å². The molecule has 0 unspecified atom stereocenters. The van der Waals surface area contributed by atoms with Crippen LogP contribution in [0.1, 0.15) is 44.3 Å². The van der Waals surface area contributed by atoms with Gasteiger partial charge in [0.05, 0.1) is 18.8 Å². The molecule has 2 saturated heterocycles. The van der Waals surface area contributed by atoms with Crippen LogP contribution >= 0.6 is 0 Å². The molecular weight excluding hydrogens is 294 g/mol. The van der Waals surface area contributed by atoms with Gasteiger partial charge in [0.2, 0.25) is 11.8 Å². The number of carbonyl (C=O) groups excluding carboxylic acids is 1. The van der Waals surface area contributed by atoms with E-state index in [1.807, 2.05) is 11.8 Å². The molecule has 6 nitrogen and oxygen atoms in total. The highest BCUT2D eigenvalue weighted by molar-refractivity contribution is 5.73. The summed E-state index contributed by atoms with van der Waals surface area (Å²) in [6, 6.07) is 0.239.